The zero-order valence-electron chi connectivity index (χ0n) is 17.2. The Morgan fingerprint density at radius 1 is 1.14 bits per heavy atom. The van der Waals surface area contributed by atoms with Crippen LogP contribution in [0.1, 0.15) is 50.5 Å². The summed E-state index contributed by atoms with van der Waals surface area (Å²) in [4.78, 5) is 14.0. The summed E-state index contributed by atoms with van der Waals surface area (Å²) < 4.78 is 29.0. The molecule has 29 heavy (non-hydrogen) atoms. The van der Waals surface area contributed by atoms with Gasteiger partial charge < -0.3 is 5.11 Å². The van der Waals surface area contributed by atoms with Gasteiger partial charge in [0, 0.05) is 25.0 Å². The lowest BCUT2D eigenvalue weighted by molar-refractivity contribution is -0.137. The Hall–Kier alpha value is -1.44. The Morgan fingerprint density at radius 2 is 1.83 bits per heavy atom. The van der Waals surface area contributed by atoms with E-state index in [1.54, 1.807) is 16.4 Å². The van der Waals surface area contributed by atoms with Gasteiger partial charge in [0.05, 0.1) is 4.90 Å². The van der Waals surface area contributed by atoms with Crippen LogP contribution in [0.2, 0.25) is 0 Å². The van der Waals surface area contributed by atoms with Gasteiger partial charge in [-0.3, -0.25) is 9.69 Å². The molecule has 0 aliphatic carbocycles. The summed E-state index contributed by atoms with van der Waals surface area (Å²) >= 11 is 0. The first-order valence-electron chi connectivity index (χ1n) is 10.9. The number of rotatable bonds is 6. The van der Waals surface area contributed by atoms with Crippen molar-refractivity contribution in [3.8, 4) is 0 Å². The molecule has 0 amide bonds. The van der Waals surface area contributed by atoms with E-state index in [-0.39, 0.29) is 12.5 Å². The molecule has 1 N–H and O–H groups in total. The van der Waals surface area contributed by atoms with Crippen molar-refractivity contribution >= 4 is 16.0 Å². The number of hydrogen-bond acceptors (Lipinski definition) is 4. The predicted molar refractivity (Wildman–Crippen MR) is 111 cm³/mol. The van der Waals surface area contributed by atoms with Crippen LogP contribution in [0.4, 0.5) is 0 Å². The first-order valence-corrected chi connectivity index (χ1v) is 12.4. The van der Waals surface area contributed by atoms with Crippen molar-refractivity contribution in [2.75, 3.05) is 19.6 Å². The van der Waals surface area contributed by atoms with Crippen LogP contribution in [0, 0.1) is 18.8 Å². The van der Waals surface area contributed by atoms with E-state index in [1.807, 2.05) is 19.1 Å². The highest BCUT2D eigenvalue weighted by molar-refractivity contribution is 7.89. The van der Waals surface area contributed by atoms with Gasteiger partial charge in [0.1, 0.15) is 0 Å². The maximum Gasteiger partial charge on any atom is 0.303 e. The zero-order valence-corrected chi connectivity index (χ0v) is 18.0. The largest absolute Gasteiger partial charge is 0.481 e. The molecule has 6 nitrogen and oxygen atoms in total. The van der Waals surface area contributed by atoms with Crippen LogP contribution in [0.5, 0.6) is 0 Å². The quantitative estimate of drug-likeness (QED) is 0.765. The number of carboxylic acid groups (broad SMARTS) is 1. The van der Waals surface area contributed by atoms with E-state index in [1.165, 1.54) is 0 Å². The lowest BCUT2D eigenvalue weighted by Crippen LogP contribution is -2.65. The zero-order chi connectivity index (χ0) is 20.6. The van der Waals surface area contributed by atoms with E-state index in [0.717, 1.165) is 44.3 Å². The fraction of sp³-hybridized carbons (Fsp3) is 0.682. The van der Waals surface area contributed by atoms with Crippen LogP contribution in [0.15, 0.2) is 29.2 Å². The first-order chi connectivity index (χ1) is 13.9. The van der Waals surface area contributed by atoms with Crippen molar-refractivity contribution in [1.82, 2.24) is 9.21 Å². The van der Waals surface area contributed by atoms with Gasteiger partial charge in [0.25, 0.3) is 0 Å². The molecular formula is C22H32N2O4S. The molecule has 3 aliphatic rings. The topological polar surface area (TPSA) is 77.9 Å². The molecule has 0 bridgehead atoms. The van der Waals surface area contributed by atoms with Crippen molar-refractivity contribution in [2.45, 2.75) is 68.8 Å². The molecule has 1 unspecified atom stereocenters. The molecule has 4 atom stereocenters. The fourth-order valence-electron chi connectivity index (χ4n) is 5.90. The molecule has 3 heterocycles. The van der Waals surface area contributed by atoms with Gasteiger partial charge >= 0.3 is 5.97 Å². The van der Waals surface area contributed by atoms with Crippen LogP contribution in [-0.4, -0.2) is 60.4 Å². The highest BCUT2D eigenvalue weighted by Crippen LogP contribution is 2.45. The number of aliphatic carboxylic acids is 1. The molecule has 7 heteroatoms. The molecule has 0 saturated carbocycles. The molecule has 0 spiro atoms. The molecule has 1 aromatic carbocycles. The van der Waals surface area contributed by atoms with Gasteiger partial charge in [-0.15, -0.1) is 0 Å². The maximum atomic E-state index is 13.6. The predicted octanol–water partition coefficient (Wildman–Crippen LogP) is 3.11. The standard InChI is InChI=1S/C22H32N2O4S/c1-16-9-11-18(12-10-16)29(27,28)24-15-17-5-3-13-23-14-4-6-19(22(17)23)20(24)7-2-8-21(25)26/h9-12,17,19-20,22H,2-8,13-15H2,1H3,(H,25,26)/t17-,19+,20?,22-/m0/s1. The highest BCUT2D eigenvalue weighted by atomic mass is 32.2. The Balaban J connectivity index is 1.67. The van der Waals surface area contributed by atoms with Crippen molar-refractivity contribution in [2.24, 2.45) is 11.8 Å². The molecule has 3 fully saturated rings. The molecule has 4 rings (SSSR count). The van der Waals surface area contributed by atoms with Gasteiger partial charge in [-0.05, 0) is 82.5 Å². The van der Waals surface area contributed by atoms with E-state index in [2.05, 4.69) is 4.90 Å². The SMILES string of the molecule is Cc1ccc(S(=O)(=O)N2C[C@@H]3CCCN4CCC[C@H](C2CCCC(=O)O)[C@H]34)cc1. The Labute approximate surface area is 173 Å². The van der Waals surface area contributed by atoms with Gasteiger partial charge in [-0.1, -0.05) is 17.7 Å². The summed E-state index contributed by atoms with van der Waals surface area (Å²) in [6, 6.07) is 7.46. The van der Waals surface area contributed by atoms with E-state index in [4.69, 9.17) is 5.11 Å². The number of carboxylic acids is 1. The summed E-state index contributed by atoms with van der Waals surface area (Å²) in [7, 11) is -3.60. The summed E-state index contributed by atoms with van der Waals surface area (Å²) in [5.74, 6) is -0.128. The summed E-state index contributed by atoms with van der Waals surface area (Å²) in [6.45, 7) is 4.75. The van der Waals surface area contributed by atoms with Gasteiger partial charge in [0.2, 0.25) is 10.0 Å². The van der Waals surface area contributed by atoms with Crippen molar-refractivity contribution < 1.29 is 18.3 Å². The average molecular weight is 421 g/mol. The van der Waals surface area contributed by atoms with Crippen LogP contribution in [-0.2, 0) is 14.8 Å². The smallest absolute Gasteiger partial charge is 0.303 e. The summed E-state index contributed by atoms with van der Waals surface area (Å²) in [5.41, 5.74) is 1.04. The molecule has 160 valence electrons. The number of hydrogen-bond donors (Lipinski definition) is 1. The van der Waals surface area contributed by atoms with E-state index < -0.39 is 16.0 Å². The number of carbonyl (C=O) groups is 1. The van der Waals surface area contributed by atoms with Crippen molar-refractivity contribution in [3.05, 3.63) is 29.8 Å². The van der Waals surface area contributed by atoms with E-state index in [0.29, 0.717) is 42.2 Å². The van der Waals surface area contributed by atoms with Crippen molar-refractivity contribution in [3.63, 3.8) is 0 Å². The number of aryl methyl sites for hydroxylation is 1. The number of sulfonamides is 1. The molecule has 0 radical (unpaired) electrons. The van der Waals surface area contributed by atoms with Crippen LogP contribution >= 0.6 is 0 Å². The van der Waals surface area contributed by atoms with Crippen LogP contribution in [0.3, 0.4) is 0 Å². The maximum absolute atomic E-state index is 13.6. The van der Waals surface area contributed by atoms with Crippen molar-refractivity contribution in [1.29, 1.82) is 0 Å². The summed E-state index contributed by atoms with van der Waals surface area (Å²) in [6.07, 6.45) is 5.60. The Bertz CT molecular complexity index is 837. The van der Waals surface area contributed by atoms with Crippen LogP contribution in [0.25, 0.3) is 0 Å². The average Bonchev–Trinajstić information content (AvgIpc) is 2.69. The highest BCUT2D eigenvalue weighted by Gasteiger charge is 2.51. The Kier molecular flexibility index (Phi) is 6.00. The number of piperidine rings is 3. The molecule has 3 aliphatic heterocycles. The minimum absolute atomic E-state index is 0.0967. The van der Waals surface area contributed by atoms with E-state index >= 15 is 0 Å². The Morgan fingerprint density at radius 3 is 2.52 bits per heavy atom. The molecule has 0 aromatic heterocycles. The second-order valence-corrected chi connectivity index (χ2v) is 10.9. The molecular weight excluding hydrogens is 388 g/mol. The monoisotopic (exact) mass is 420 g/mol. The number of benzene rings is 1. The second kappa shape index (κ2) is 8.36. The first kappa shape index (κ1) is 20.8. The normalized spacial score (nSPS) is 30.7. The van der Waals surface area contributed by atoms with Crippen LogP contribution < -0.4 is 0 Å². The third-order valence-corrected chi connectivity index (χ3v) is 9.05. The molecule has 1 aromatic rings. The third kappa shape index (κ3) is 4.09. The third-order valence-electron chi connectivity index (χ3n) is 7.14. The minimum atomic E-state index is -3.60. The fourth-order valence-corrected chi connectivity index (χ4v) is 7.66. The lowest BCUT2D eigenvalue weighted by atomic mass is 9.70. The van der Waals surface area contributed by atoms with Gasteiger partial charge in [0.15, 0.2) is 0 Å². The number of nitrogens with zero attached hydrogens (tertiary/aromatic N) is 2. The van der Waals surface area contributed by atoms with E-state index in [9.17, 15) is 13.2 Å². The second-order valence-electron chi connectivity index (χ2n) is 8.98. The lowest BCUT2D eigenvalue weighted by Gasteiger charge is -2.57. The molecule has 3 saturated heterocycles. The summed E-state index contributed by atoms with van der Waals surface area (Å²) in [5, 5.41) is 9.10. The van der Waals surface area contributed by atoms with Gasteiger partial charge in [-0.2, -0.15) is 4.31 Å². The van der Waals surface area contributed by atoms with Gasteiger partial charge in [-0.25, -0.2) is 8.42 Å². The minimum Gasteiger partial charge on any atom is -0.481 e.